The van der Waals surface area contributed by atoms with Gasteiger partial charge in [-0.2, -0.15) is 0 Å². The van der Waals surface area contributed by atoms with Gasteiger partial charge in [0, 0.05) is 18.6 Å². The molecule has 1 aromatic rings. The van der Waals surface area contributed by atoms with Crippen LogP contribution in [-0.4, -0.2) is 0 Å². The summed E-state index contributed by atoms with van der Waals surface area (Å²) in [5, 5.41) is 0. The molecule has 0 saturated carbocycles. The van der Waals surface area contributed by atoms with Crippen molar-refractivity contribution in [1.82, 2.24) is 0 Å². The standard InChI is InChI=1S/C16H34.C8H12N.BrH/c1-3-5-7-9-11-13-15-16-14-12-10-8-6-4-2;1-7-5-4-6-9(3)8(7)2;/h3-16H2,1-2H3;4-6H,1-3H3;1H/q;+1;/p-1. The Kier molecular flexibility index (Phi) is 22.4. The topological polar surface area (TPSA) is 3.88 Å². The first-order valence-corrected chi connectivity index (χ1v) is 11.0. The summed E-state index contributed by atoms with van der Waals surface area (Å²) in [5.74, 6) is 0. The van der Waals surface area contributed by atoms with Crippen LogP contribution in [0.25, 0.3) is 0 Å². The fourth-order valence-electron chi connectivity index (χ4n) is 3.09. The van der Waals surface area contributed by atoms with Crippen LogP contribution in [0.15, 0.2) is 18.3 Å². The largest absolute Gasteiger partial charge is 1.00 e. The van der Waals surface area contributed by atoms with Gasteiger partial charge in [0.15, 0.2) is 11.9 Å². The molecule has 0 bridgehead atoms. The zero-order valence-electron chi connectivity index (χ0n) is 18.5. The Morgan fingerprint density at radius 3 is 1.27 bits per heavy atom. The highest BCUT2D eigenvalue weighted by atomic mass is 79.9. The average molecular weight is 429 g/mol. The van der Waals surface area contributed by atoms with Crippen LogP contribution in [0.5, 0.6) is 0 Å². The Morgan fingerprint density at radius 1 is 0.654 bits per heavy atom. The molecule has 0 amide bonds. The molecule has 0 N–H and O–H groups in total. The molecule has 0 aliphatic heterocycles. The number of hydrogen-bond donors (Lipinski definition) is 0. The summed E-state index contributed by atoms with van der Waals surface area (Å²) in [6.07, 6.45) is 22.5. The van der Waals surface area contributed by atoms with Gasteiger partial charge in [-0.1, -0.05) is 104 Å². The second kappa shape index (κ2) is 20.9. The first kappa shape index (κ1) is 27.8. The number of pyridine rings is 1. The van der Waals surface area contributed by atoms with Gasteiger partial charge in [0.2, 0.25) is 0 Å². The number of rotatable bonds is 13. The highest BCUT2D eigenvalue weighted by molar-refractivity contribution is 5.10. The fraction of sp³-hybridized carbons (Fsp3) is 0.792. The number of hydrogen-bond acceptors (Lipinski definition) is 0. The van der Waals surface area contributed by atoms with Crippen molar-refractivity contribution in [3.8, 4) is 0 Å². The first-order valence-electron chi connectivity index (χ1n) is 11.0. The van der Waals surface area contributed by atoms with Gasteiger partial charge < -0.3 is 17.0 Å². The lowest BCUT2D eigenvalue weighted by Gasteiger charge is -2.02. The lowest BCUT2D eigenvalue weighted by Crippen LogP contribution is -3.00. The van der Waals surface area contributed by atoms with Crippen molar-refractivity contribution in [3.63, 3.8) is 0 Å². The van der Waals surface area contributed by atoms with E-state index in [2.05, 4.69) is 57.6 Å². The normalized spacial score (nSPS) is 10.0. The monoisotopic (exact) mass is 427 g/mol. The first-order chi connectivity index (χ1) is 12.1. The Bertz CT molecular complexity index is 369. The zero-order valence-corrected chi connectivity index (χ0v) is 20.0. The van der Waals surface area contributed by atoms with Gasteiger partial charge in [-0.25, -0.2) is 4.57 Å². The van der Waals surface area contributed by atoms with Gasteiger partial charge in [0.25, 0.3) is 0 Å². The van der Waals surface area contributed by atoms with Crippen LogP contribution in [0.1, 0.15) is 115 Å². The summed E-state index contributed by atoms with van der Waals surface area (Å²) in [6.45, 7) is 8.82. The molecule has 154 valence electrons. The van der Waals surface area contributed by atoms with Crippen molar-refractivity contribution in [2.45, 2.75) is 118 Å². The highest BCUT2D eigenvalue weighted by Gasteiger charge is 1.99. The Balaban J connectivity index is 0. The van der Waals surface area contributed by atoms with Crippen molar-refractivity contribution in [3.05, 3.63) is 29.6 Å². The van der Waals surface area contributed by atoms with Crippen LogP contribution >= 0.6 is 0 Å². The van der Waals surface area contributed by atoms with Gasteiger partial charge in [-0.3, -0.25) is 0 Å². The quantitative estimate of drug-likeness (QED) is 0.319. The molecule has 0 fully saturated rings. The number of aryl methyl sites for hydroxylation is 2. The number of nitrogens with zero attached hydrogens (tertiary/aromatic N) is 1. The fourth-order valence-corrected chi connectivity index (χ4v) is 3.09. The van der Waals surface area contributed by atoms with Crippen LogP contribution in [0, 0.1) is 13.8 Å². The Labute approximate surface area is 175 Å². The van der Waals surface area contributed by atoms with E-state index in [4.69, 9.17) is 0 Å². The van der Waals surface area contributed by atoms with E-state index in [0.717, 1.165) is 0 Å². The predicted molar refractivity (Wildman–Crippen MR) is 113 cm³/mol. The summed E-state index contributed by atoms with van der Waals surface area (Å²) in [7, 11) is 2.06. The van der Waals surface area contributed by atoms with Crippen LogP contribution in [-0.2, 0) is 7.05 Å². The van der Waals surface area contributed by atoms with Crippen molar-refractivity contribution in [1.29, 1.82) is 0 Å². The summed E-state index contributed by atoms with van der Waals surface area (Å²) in [6, 6.07) is 4.18. The van der Waals surface area contributed by atoms with Gasteiger partial charge in [-0.05, 0) is 13.0 Å². The molecule has 1 rings (SSSR count). The van der Waals surface area contributed by atoms with E-state index in [0.29, 0.717) is 0 Å². The molecule has 0 saturated heterocycles. The Morgan fingerprint density at radius 2 is 1.00 bits per heavy atom. The maximum absolute atomic E-state index is 2.29. The number of aromatic nitrogens is 1. The molecular formula is C24H46BrN. The van der Waals surface area contributed by atoms with Crippen LogP contribution in [0.2, 0.25) is 0 Å². The average Bonchev–Trinajstić information content (AvgIpc) is 2.61. The smallest absolute Gasteiger partial charge is 0.180 e. The minimum Gasteiger partial charge on any atom is -1.00 e. The molecule has 0 unspecified atom stereocenters. The van der Waals surface area contributed by atoms with E-state index in [1.165, 1.54) is 101 Å². The summed E-state index contributed by atoms with van der Waals surface area (Å²) in [5.41, 5.74) is 2.68. The number of halogens is 1. The minimum absolute atomic E-state index is 0. The SMILES string of the molecule is CCCCCCCCCCCCCCCC.Cc1ccc[n+](C)c1C.[Br-]. The molecular weight excluding hydrogens is 382 g/mol. The van der Waals surface area contributed by atoms with Gasteiger partial charge in [0.1, 0.15) is 7.05 Å². The molecule has 0 aromatic carbocycles. The maximum atomic E-state index is 2.29. The van der Waals surface area contributed by atoms with Crippen LogP contribution in [0.4, 0.5) is 0 Å². The van der Waals surface area contributed by atoms with E-state index in [1.54, 1.807) is 0 Å². The second-order valence-electron chi connectivity index (χ2n) is 7.63. The van der Waals surface area contributed by atoms with Crippen molar-refractivity contribution >= 4 is 0 Å². The third-order valence-corrected chi connectivity index (χ3v) is 5.21. The molecule has 0 spiro atoms. The van der Waals surface area contributed by atoms with Crippen LogP contribution in [0.3, 0.4) is 0 Å². The molecule has 0 radical (unpaired) electrons. The summed E-state index contributed by atoms with van der Waals surface area (Å²) in [4.78, 5) is 0. The third-order valence-electron chi connectivity index (χ3n) is 5.21. The molecule has 0 aliphatic carbocycles. The minimum atomic E-state index is 0. The molecule has 1 nitrogen and oxygen atoms in total. The maximum Gasteiger partial charge on any atom is 0.180 e. The van der Waals surface area contributed by atoms with E-state index in [9.17, 15) is 0 Å². The molecule has 26 heavy (non-hydrogen) atoms. The highest BCUT2D eigenvalue weighted by Crippen LogP contribution is 2.12. The van der Waals surface area contributed by atoms with Crippen molar-refractivity contribution in [2.24, 2.45) is 7.05 Å². The lowest BCUT2D eigenvalue weighted by molar-refractivity contribution is -0.678. The molecule has 0 atom stereocenters. The van der Waals surface area contributed by atoms with Gasteiger partial charge in [0.05, 0.1) is 0 Å². The van der Waals surface area contributed by atoms with E-state index in [-0.39, 0.29) is 17.0 Å². The second-order valence-corrected chi connectivity index (χ2v) is 7.63. The molecule has 1 heterocycles. The summed E-state index contributed by atoms with van der Waals surface area (Å²) >= 11 is 0. The molecule has 2 heteroatoms. The Hall–Kier alpha value is -0.370. The van der Waals surface area contributed by atoms with Crippen molar-refractivity contribution in [2.75, 3.05) is 0 Å². The van der Waals surface area contributed by atoms with E-state index < -0.39 is 0 Å². The van der Waals surface area contributed by atoms with E-state index in [1.807, 2.05) is 0 Å². The van der Waals surface area contributed by atoms with Crippen molar-refractivity contribution < 1.29 is 21.5 Å². The van der Waals surface area contributed by atoms with E-state index >= 15 is 0 Å². The molecule has 1 aromatic heterocycles. The predicted octanol–water partition coefficient (Wildman–Crippen LogP) is 4.62. The van der Waals surface area contributed by atoms with Crippen LogP contribution < -0.4 is 21.5 Å². The molecule has 0 aliphatic rings. The van der Waals surface area contributed by atoms with Gasteiger partial charge in [-0.15, -0.1) is 0 Å². The lowest BCUT2D eigenvalue weighted by atomic mass is 10.0. The summed E-state index contributed by atoms with van der Waals surface area (Å²) < 4.78 is 2.12. The van der Waals surface area contributed by atoms with Gasteiger partial charge >= 0.3 is 0 Å². The number of unbranched alkanes of at least 4 members (excludes halogenated alkanes) is 13. The third kappa shape index (κ3) is 17.1. The zero-order chi connectivity index (χ0) is 18.8.